The molecule has 0 bridgehead atoms. The van der Waals surface area contributed by atoms with Gasteiger partial charge in [0.15, 0.2) is 0 Å². The number of carbonyl (C=O) groups is 1. The average Bonchev–Trinajstić information content (AvgIpc) is 2.45. The average molecular weight is 293 g/mol. The number of rotatable bonds is 2. The molecule has 0 spiro atoms. The van der Waals surface area contributed by atoms with E-state index in [0.29, 0.717) is 0 Å². The fraction of sp³-hybridized carbons (Fsp3) is 0.556. The molecule has 0 aliphatic carbocycles. The van der Waals surface area contributed by atoms with Crippen LogP contribution in [0.15, 0.2) is 9.98 Å². The van der Waals surface area contributed by atoms with Crippen LogP contribution in [0, 0.1) is 0 Å². The third-order valence-corrected chi connectivity index (χ3v) is 2.86. The first-order valence-electron chi connectivity index (χ1n) is 4.42. The van der Waals surface area contributed by atoms with Crippen LogP contribution in [0.5, 0.6) is 0 Å². The molecule has 0 radical (unpaired) electrons. The van der Waals surface area contributed by atoms with Gasteiger partial charge in [0.2, 0.25) is 0 Å². The van der Waals surface area contributed by atoms with Crippen LogP contribution in [0.4, 0.5) is 4.79 Å². The maximum Gasteiger partial charge on any atom is 0.407 e. The Morgan fingerprint density at radius 3 is 2.80 bits per heavy atom. The van der Waals surface area contributed by atoms with Crippen molar-refractivity contribution in [1.29, 1.82) is 0 Å². The maximum atomic E-state index is 11.3. The molecule has 6 heteroatoms. The summed E-state index contributed by atoms with van der Waals surface area (Å²) < 4.78 is 5.76. The summed E-state index contributed by atoms with van der Waals surface area (Å²) in [5.74, 6) is 0. The number of carbonyl (C=O) groups excluding carboxylic acids is 1. The molecular formula is C9H13BrN2O2S. The summed E-state index contributed by atoms with van der Waals surface area (Å²) in [6.45, 7) is 5.90. The van der Waals surface area contributed by atoms with Crippen molar-refractivity contribution in [2.45, 2.75) is 32.9 Å². The van der Waals surface area contributed by atoms with Crippen LogP contribution >= 0.6 is 27.3 Å². The topological polar surface area (TPSA) is 51.2 Å². The molecule has 1 amide bonds. The Bertz CT molecular complexity index is 346. The van der Waals surface area contributed by atoms with E-state index in [4.69, 9.17) is 4.74 Å². The molecule has 0 atom stereocenters. The van der Waals surface area contributed by atoms with Gasteiger partial charge in [-0.3, -0.25) is 0 Å². The van der Waals surface area contributed by atoms with Crippen LogP contribution in [0.25, 0.3) is 0 Å². The van der Waals surface area contributed by atoms with Gasteiger partial charge in [0.25, 0.3) is 0 Å². The van der Waals surface area contributed by atoms with Crippen molar-refractivity contribution in [2.75, 3.05) is 0 Å². The summed E-state index contributed by atoms with van der Waals surface area (Å²) in [5, 5.41) is 5.32. The van der Waals surface area contributed by atoms with E-state index in [1.807, 2.05) is 26.2 Å². The van der Waals surface area contributed by atoms with Crippen LogP contribution in [-0.2, 0) is 11.3 Å². The highest BCUT2D eigenvalue weighted by atomic mass is 79.9. The molecule has 4 nitrogen and oxygen atoms in total. The first-order valence-corrected chi connectivity index (χ1v) is 6.09. The highest BCUT2D eigenvalue weighted by Crippen LogP contribution is 2.15. The maximum absolute atomic E-state index is 11.3. The number of amides is 1. The molecule has 0 aliphatic heterocycles. The zero-order chi connectivity index (χ0) is 11.5. The van der Waals surface area contributed by atoms with E-state index in [-0.39, 0.29) is 12.1 Å². The predicted octanol–water partition coefficient (Wildman–Crippen LogP) is 2.93. The van der Waals surface area contributed by atoms with E-state index in [1.165, 1.54) is 11.3 Å². The van der Waals surface area contributed by atoms with Gasteiger partial charge in [0.1, 0.15) is 16.2 Å². The Kier molecular flexibility index (Phi) is 4.10. The van der Waals surface area contributed by atoms with Crippen molar-refractivity contribution in [3.63, 3.8) is 0 Å². The minimum absolute atomic E-state index is 0.207. The summed E-state index contributed by atoms with van der Waals surface area (Å²) in [7, 11) is 0. The fourth-order valence-corrected chi connectivity index (χ4v) is 2.00. The van der Waals surface area contributed by atoms with Crippen molar-refractivity contribution in [1.82, 2.24) is 10.3 Å². The van der Waals surface area contributed by atoms with Crippen molar-refractivity contribution in [2.24, 2.45) is 0 Å². The molecule has 0 fully saturated rings. The van der Waals surface area contributed by atoms with Gasteiger partial charge in [0, 0.05) is 10.9 Å². The normalized spacial score (nSPS) is 11.2. The zero-order valence-electron chi connectivity index (χ0n) is 8.83. The highest BCUT2D eigenvalue weighted by molar-refractivity contribution is 9.10. The molecule has 0 aromatic carbocycles. The number of thiazole rings is 1. The number of alkyl carbamates (subject to hydrolysis) is 1. The largest absolute Gasteiger partial charge is 0.442 e. The zero-order valence-corrected chi connectivity index (χ0v) is 11.2. The van der Waals surface area contributed by atoms with Crippen molar-refractivity contribution in [3.8, 4) is 0 Å². The standard InChI is InChI=1S/C9H13BrN2O2S/c1-9(2,3)12-8(13)14-4-7-11-6(10)5-15-7/h5H,4H2,1-3H3,(H,12,13). The summed E-state index contributed by atoms with van der Waals surface area (Å²) in [4.78, 5) is 15.4. The van der Waals surface area contributed by atoms with Crippen molar-refractivity contribution in [3.05, 3.63) is 15.0 Å². The molecule has 15 heavy (non-hydrogen) atoms. The molecule has 84 valence electrons. The number of halogens is 1. The number of aromatic nitrogens is 1. The van der Waals surface area contributed by atoms with E-state index in [9.17, 15) is 4.79 Å². The Morgan fingerprint density at radius 1 is 1.67 bits per heavy atom. The second kappa shape index (κ2) is 4.94. The van der Waals surface area contributed by atoms with Gasteiger partial charge >= 0.3 is 6.09 Å². The van der Waals surface area contributed by atoms with Gasteiger partial charge in [-0.05, 0) is 36.7 Å². The molecule has 1 N–H and O–H groups in total. The highest BCUT2D eigenvalue weighted by Gasteiger charge is 2.14. The van der Waals surface area contributed by atoms with Crippen LogP contribution in [0.2, 0.25) is 0 Å². The number of nitrogens with zero attached hydrogens (tertiary/aromatic N) is 1. The minimum atomic E-state index is -0.422. The third kappa shape index (κ3) is 5.13. The van der Waals surface area contributed by atoms with E-state index in [0.717, 1.165) is 9.61 Å². The van der Waals surface area contributed by atoms with Crippen molar-refractivity contribution < 1.29 is 9.53 Å². The van der Waals surface area contributed by atoms with Crippen LogP contribution in [-0.4, -0.2) is 16.6 Å². The Balaban J connectivity index is 2.35. The second-order valence-electron chi connectivity index (χ2n) is 4.02. The van der Waals surface area contributed by atoms with Crippen molar-refractivity contribution >= 4 is 33.4 Å². The van der Waals surface area contributed by atoms with Gasteiger partial charge in [-0.2, -0.15) is 0 Å². The van der Waals surface area contributed by atoms with Gasteiger partial charge in [-0.25, -0.2) is 9.78 Å². The molecule has 1 aromatic rings. The van der Waals surface area contributed by atoms with Gasteiger partial charge in [0.05, 0.1) is 0 Å². The molecule has 0 aliphatic rings. The summed E-state index contributed by atoms with van der Waals surface area (Å²) in [6.07, 6.45) is -0.422. The van der Waals surface area contributed by atoms with E-state index in [2.05, 4.69) is 26.2 Å². The molecule has 1 aromatic heterocycles. The number of hydrogen-bond acceptors (Lipinski definition) is 4. The fourth-order valence-electron chi connectivity index (χ4n) is 0.824. The van der Waals surface area contributed by atoms with Gasteiger partial charge in [-0.1, -0.05) is 0 Å². The SMILES string of the molecule is CC(C)(C)NC(=O)OCc1nc(Br)cs1. The number of ether oxygens (including phenoxy) is 1. The summed E-state index contributed by atoms with van der Waals surface area (Å²) in [5.41, 5.74) is -0.277. The second-order valence-corrected chi connectivity index (χ2v) is 5.77. The Labute approximate surface area is 101 Å². The lowest BCUT2D eigenvalue weighted by Gasteiger charge is -2.19. The monoisotopic (exact) mass is 292 g/mol. The quantitative estimate of drug-likeness (QED) is 0.912. The van der Waals surface area contributed by atoms with Crippen LogP contribution in [0.1, 0.15) is 25.8 Å². The molecule has 1 rings (SSSR count). The first-order chi connectivity index (χ1) is 6.87. The Hall–Kier alpha value is -0.620. The van der Waals surface area contributed by atoms with Gasteiger partial charge < -0.3 is 10.1 Å². The van der Waals surface area contributed by atoms with Crippen LogP contribution in [0.3, 0.4) is 0 Å². The minimum Gasteiger partial charge on any atom is -0.442 e. The summed E-state index contributed by atoms with van der Waals surface area (Å²) in [6, 6.07) is 0. The van der Waals surface area contributed by atoms with E-state index >= 15 is 0 Å². The lowest BCUT2D eigenvalue weighted by atomic mass is 10.1. The smallest absolute Gasteiger partial charge is 0.407 e. The molecular weight excluding hydrogens is 280 g/mol. The lowest BCUT2D eigenvalue weighted by Crippen LogP contribution is -2.40. The molecule has 1 heterocycles. The number of hydrogen-bond donors (Lipinski definition) is 1. The van der Waals surface area contributed by atoms with Crippen LogP contribution < -0.4 is 5.32 Å². The molecule has 0 saturated carbocycles. The van der Waals surface area contributed by atoms with E-state index in [1.54, 1.807) is 0 Å². The molecule has 0 unspecified atom stereocenters. The lowest BCUT2D eigenvalue weighted by molar-refractivity contribution is 0.131. The van der Waals surface area contributed by atoms with Gasteiger partial charge in [-0.15, -0.1) is 11.3 Å². The molecule has 0 saturated heterocycles. The summed E-state index contributed by atoms with van der Waals surface area (Å²) >= 11 is 4.68. The van der Waals surface area contributed by atoms with E-state index < -0.39 is 6.09 Å². The third-order valence-electron chi connectivity index (χ3n) is 1.33. The Morgan fingerprint density at radius 2 is 2.33 bits per heavy atom. The number of nitrogens with one attached hydrogen (secondary N) is 1. The predicted molar refractivity (Wildman–Crippen MR) is 62.9 cm³/mol. The first kappa shape index (κ1) is 12.4.